The molecule has 5 heteroatoms. The Morgan fingerprint density at radius 3 is 2.42 bits per heavy atom. The Morgan fingerprint density at radius 2 is 1.73 bits per heavy atom. The SMILES string of the molecule is O=C(NC1CCN(C(=O)CCC2CCCCC2)CC1)c1ccccc1Br. The topological polar surface area (TPSA) is 49.4 Å². The Balaban J connectivity index is 1.40. The van der Waals surface area contributed by atoms with E-state index >= 15 is 0 Å². The van der Waals surface area contributed by atoms with Gasteiger partial charge in [-0.1, -0.05) is 44.2 Å². The van der Waals surface area contributed by atoms with E-state index in [-0.39, 0.29) is 11.9 Å². The highest BCUT2D eigenvalue weighted by molar-refractivity contribution is 9.10. The molecule has 0 atom stereocenters. The average molecular weight is 421 g/mol. The van der Waals surface area contributed by atoms with Gasteiger partial charge in [-0.25, -0.2) is 0 Å². The van der Waals surface area contributed by atoms with E-state index in [0.29, 0.717) is 17.9 Å². The Hall–Kier alpha value is -1.36. The highest BCUT2D eigenvalue weighted by Crippen LogP contribution is 2.27. The number of carbonyl (C=O) groups excluding carboxylic acids is 2. The maximum absolute atomic E-state index is 12.5. The number of hydrogen-bond donors (Lipinski definition) is 1. The van der Waals surface area contributed by atoms with Crippen molar-refractivity contribution in [2.45, 2.75) is 63.8 Å². The second-order valence-corrected chi connectivity index (χ2v) is 8.51. The number of rotatable bonds is 5. The first kappa shape index (κ1) is 19.4. The van der Waals surface area contributed by atoms with Gasteiger partial charge in [-0.3, -0.25) is 9.59 Å². The number of nitrogens with one attached hydrogen (secondary N) is 1. The Labute approximate surface area is 164 Å². The first-order chi connectivity index (χ1) is 12.6. The third-order valence-corrected chi connectivity index (χ3v) is 6.48. The average Bonchev–Trinajstić information content (AvgIpc) is 2.68. The van der Waals surface area contributed by atoms with Crippen LogP contribution in [0.3, 0.4) is 0 Å². The fourth-order valence-corrected chi connectivity index (χ4v) is 4.61. The third-order valence-electron chi connectivity index (χ3n) is 5.79. The van der Waals surface area contributed by atoms with Crippen molar-refractivity contribution in [1.82, 2.24) is 10.2 Å². The molecule has 4 nitrogen and oxygen atoms in total. The summed E-state index contributed by atoms with van der Waals surface area (Å²) in [5, 5.41) is 3.11. The highest BCUT2D eigenvalue weighted by Gasteiger charge is 2.25. The lowest BCUT2D eigenvalue weighted by molar-refractivity contribution is -0.132. The highest BCUT2D eigenvalue weighted by atomic mass is 79.9. The first-order valence-electron chi connectivity index (χ1n) is 9.96. The van der Waals surface area contributed by atoms with Crippen LogP contribution in [0.2, 0.25) is 0 Å². The molecule has 1 aromatic rings. The number of benzene rings is 1. The zero-order chi connectivity index (χ0) is 18.4. The molecule has 26 heavy (non-hydrogen) atoms. The van der Waals surface area contributed by atoms with Crippen molar-refractivity contribution in [1.29, 1.82) is 0 Å². The molecule has 1 heterocycles. The van der Waals surface area contributed by atoms with Crippen molar-refractivity contribution in [3.8, 4) is 0 Å². The summed E-state index contributed by atoms with van der Waals surface area (Å²) >= 11 is 3.43. The van der Waals surface area contributed by atoms with E-state index in [1.165, 1.54) is 32.1 Å². The van der Waals surface area contributed by atoms with Crippen LogP contribution in [0.4, 0.5) is 0 Å². The fourth-order valence-electron chi connectivity index (χ4n) is 4.14. The molecular weight excluding hydrogens is 392 g/mol. The number of halogens is 1. The van der Waals surface area contributed by atoms with Crippen LogP contribution >= 0.6 is 15.9 Å². The van der Waals surface area contributed by atoms with Crippen LogP contribution in [0, 0.1) is 5.92 Å². The summed E-state index contributed by atoms with van der Waals surface area (Å²) in [5.74, 6) is 1.01. The van der Waals surface area contributed by atoms with Gasteiger partial charge >= 0.3 is 0 Å². The van der Waals surface area contributed by atoms with Gasteiger partial charge in [0, 0.05) is 30.0 Å². The fraction of sp³-hybridized carbons (Fsp3) is 0.619. The molecule has 0 spiro atoms. The predicted molar refractivity (Wildman–Crippen MR) is 107 cm³/mol. The lowest BCUT2D eigenvalue weighted by Gasteiger charge is -2.33. The number of piperidine rings is 1. The Bertz CT molecular complexity index is 620. The van der Waals surface area contributed by atoms with Gasteiger partial charge in [0.15, 0.2) is 0 Å². The molecule has 142 valence electrons. The quantitative estimate of drug-likeness (QED) is 0.760. The van der Waals surface area contributed by atoms with Crippen LogP contribution in [0.15, 0.2) is 28.7 Å². The number of nitrogens with zero attached hydrogens (tertiary/aromatic N) is 1. The van der Waals surface area contributed by atoms with Crippen molar-refractivity contribution in [2.75, 3.05) is 13.1 Å². The van der Waals surface area contributed by atoms with E-state index < -0.39 is 0 Å². The van der Waals surface area contributed by atoms with E-state index in [1.54, 1.807) is 0 Å². The molecule has 2 aliphatic rings. The standard InChI is InChI=1S/C21H29BrN2O2/c22-19-9-5-4-8-18(19)21(26)23-17-12-14-24(15-13-17)20(25)11-10-16-6-2-1-3-7-16/h4-5,8-9,16-17H,1-3,6-7,10-15H2,(H,23,26). The molecule has 2 amide bonds. The summed E-state index contributed by atoms with van der Waals surface area (Å²) in [6.45, 7) is 1.51. The lowest BCUT2D eigenvalue weighted by atomic mass is 9.86. The molecule has 1 N–H and O–H groups in total. The predicted octanol–water partition coefficient (Wildman–Crippen LogP) is 4.53. The second kappa shape index (κ2) is 9.54. The molecule has 1 aliphatic carbocycles. The van der Waals surface area contributed by atoms with Gasteiger partial charge in [0.2, 0.25) is 5.91 Å². The Kier molecular flexibility index (Phi) is 7.12. The minimum atomic E-state index is -0.0421. The zero-order valence-corrected chi connectivity index (χ0v) is 17.0. The van der Waals surface area contributed by atoms with Crippen LogP contribution in [0.25, 0.3) is 0 Å². The first-order valence-corrected chi connectivity index (χ1v) is 10.8. The Morgan fingerprint density at radius 1 is 1.04 bits per heavy atom. The van der Waals surface area contributed by atoms with Gasteiger partial charge in [-0.2, -0.15) is 0 Å². The minimum absolute atomic E-state index is 0.0421. The van der Waals surface area contributed by atoms with Crippen molar-refractivity contribution in [3.05, 3.63) is 34.3 Å². The van der Waals surface area contributed by atoms with Gasteiger partial charge in [0.05, 0.1) is 5.56 Å². The normalized spacial score (nSPS) is 19.3. The van der Waals surface area contributed by atoms with Gasteiger partial charge < -0.3 is 10.2 Å². The summed E-state index contributed by atoms with van der Waals surface area (Å²) < 4.78 is 0.813. The van der Waals surface area contributed by atoms with E-state index in [0.717, 1.165) is 42.7 Å². The molecule has 0 aromatic heterocycles. The second-order valence-electron chi connectivity index (χ2n) is 7.65. The summed E-state index contributed by atoms with van der Waals surface area (Å²) in [5.41, 5.74) is 0.665. The molecule has 0 unspecified atom stereocenters. The summed E-state index contributed by atoms with van der Waals surface area (Å²) in [4.78, 5) is 26.9. The molecule has 3 rings (SSSR count). The van der Waals surface area contributed by atoms with Gasteiger partial charge in [-0.05, 0) is 53.2 Å². The molecule has 0 bridgehead atoms. The molecule has 0 radical (unpaired) electrons. The molecule has 1 aromatic carbocycles. The van der Waals surface area contributed by atoms with E-state index in [2.05, 4.69) is 21.2 Å². The van der Waals surface area contributed by atoms with E-state index in [1.807, 2.05) is 29.2 Å². The van der Waals surface area contributed by atoms with Crippen molar-refractivity contribution < 1.29 is 9.59 Å². The largest absolute Gasteiger partial charge is 0.349 e. The van der Waals surface area contributed by atoms with Crippen molar-refractivity contribution in [2.24, 2.45) is 5.92 Å². The zero-order valence-electron chi connectivity index (χ0n) is 15.4. The maximum atomic E-state index is 12.5. The van der Waals surface area contributed by atoms with Gasteiger partial charge in [0.25, 0.3) is 5.91 Å². The smallest absolute Gasteiger partial charge is 0.252 e. The number of likely N-dealkylation sites (tertiary alicyclic amines) is 1. The van der Waals surface area contributed by atoms with E-state index in [9.17, 15) is 9.59 Å². The lowest BCUT2D eigenvalue weighted by Crippen LogP contribution is -2.46. The van der Waals surface area contributed by atoms with E-state index in [4.69, 9.17) is 0 Å². The minimum Gasteiger partial charge on any atom is -0.349 e. The van der Waals surface area contributed by atoms with Crippen molar-refractivity contribution in [3.63, 3.8) is 0 Å². The maximum Gasteiger partial charge on any atom is 0.252 e. The third kappa shape index (κ3) is 5.32. The summed E-state index contributed by atoms with van der Waals surface area (Å²) in [6.07, 6.45) is 10.1. The number of carbonyl (C=O) groups is 2. The van der Waals surface area contributed by atoms with Crippen LogP contribution in [0.1, 0.15) is 68.1 Å². The van der Waals surface area contributed by atoms with Crippen LogP contribution in [0.5, 0.6) is 0 Å². The molecule has 1 saturated carbocycles. The molecule has 1 aliphatic heterocycles. The summed E-state index contributed by atoms with van der Waals surface area (Å²) in [7, 11) is 0. The molecule has 2 fully saturated rings. The van der Waals surface area contributed by atoms with Crippen LogP contribution < -0.4 is 5.32 Å². The monoisotopic (exact) mass is 420 g/mol. The summed E-state index contributed by atoms with van der Waals surface area (Å²) in [6, 6.07) is 7.62. The van der Waals surface area contributed by atoms with Gasteiger partial charge in [0.1, 0.15) is 0 Å². The van der Waals surface area contributed by atoms with Crippen LogP contribution in [-0.2, 0) is 4.79 Å². The van der Waals surface area contributed by atoms with Crippen LogP contribution in [-0.4, -0.2) is 35.8 Å². The van der Waals surface area contributed by atoms with Crippen molar-refractivity contribution >= 4 is 27.7 Å². The number of hydrogen-bond acceptors (Lipinski definition) is 2. The molecular formula is C21H29BrN2O2. The number of amides is 2. The molecule has 1 saturated heterocycles. The van der Waals surface area contributed by atoms with Gasteiger partial charge in [-0.15, -0.1) is 0 Å².